The third-order valence-corrected chi connectivity index (χ3v) is 5.32. The quantitative estimate of drug-likeness (QED) is 0.499. The number of rotatable bonds is 6. The van der Waals surface area contributed by atoms with E-state index in [-0.39, 0.29) is 11.5 Å². The number of carbonyl (C=O) groups is 3. The van der Waals surface area contributed by atoms with E-state index in [2.05, 4.69) is 22.3 Å². The summed E-state index contributed by atoms with van der Waals surface area (Å²) in [6.07, 6.45) is -3.48. The zero-order chi connectivity index (χ0) is 25.4. The largest absolute Gasteiger partial charge is 0.490 e. The van der Waals surface area contributed by atoms with Crippen LogP contribution in [-0.4, -0.2) is 64.3 Å². The van der Waals surface area contributed by atoms with Gasteiger partial charge in [-0.2, -0.15) is 13.2 Å². The number of likely N-dealkylation sites (tertiary alicyclic amines) is 1. The third-order valence-electron chi connectivity index (χ3n) is 5.32. The van der Waals surface area contributed by atoms with Crippen molar-refractivity contribution in [1.29, 1.82) is 0 Å². The number of alkyl halides is 3. The van der Waals surface area contributed by atoms with Gasteiger partial charge in [-0.3, -0.25) is 9.69 Å². The fraction of sp³-hybridized carbons (Fsp3) is 0.348. The summed E-state index contributed by atoms with van der Waals surface area (Å²) < 4.78 is 31.7. The lowest BCUT2D eigenvalue weighted by Crippen LogP contribution is -2.56. The van der Waals surface area contributed by atoms with Gasteiger partial charge < -0.3 is 21.3 Å². The highest BCUT2D eigenvalue weighted by molar-refractivity contribution is 5.97. The number of hydrogen-bond acceptors (Lipinski definition) is 5. The summed E-state index contributed by atoms with van der Waals surface area (Å²) in [5, 5.41) is 19.0. The van der Waals surface area contributed by atoms with Crippen LogP contribution in [0.4, 0.5) is 13.2 Å². The van der Waals surface area contributed by atoms with Gasteiger partial charge >= 0.3 is 18.1 Å². The molecular formula is C23H26F3N3O5. The van der Waals surface area contributed by atoms with Crippen LogP contribution < -0.4 is 11.1 Å². The number of benzene rings is 2. The molecule has 1 amide bonds. The summed E-state index contributed by atoms with van der Waals surface area (Å²) in [6.45, 7) is 3.05. The second-order valence-electron chi connectivity index (χ2n) is 8.00. The van der Waals surface area contributed by atoms with Crippen molar-refractivity contribution in [2.75, 3.05) is 19.6 Å². The Bertz CT molecular complexity index is 991. The number of aliphatic carboxylic acids is 1. The minimum Gasteiger partial charge on any atom is -0.478 e. The molecule has 184 valence electrons. The number of amides is 1. The van der Waals surface area contributed by atoms with Crippen LogP contribution in [0.15, 0.2) is 54.6 Å². The van der Waals surface area contributed by atoms with E-state index in [0.29, 0.717) is 12.1 Å². The molecule has 1 aliphatic rings. The molecule has 1 saturated heterocycles. The molecule has 8 nitrogen and oxygen atoms in total. The summed E-state index contributed by atoms with van der Waals surface area (Å²) in [5.74, 6) is -4.10. The molecule has 34 heavy (non-hydrogen) atoms. The SMILES string of the molecule is NC1(CNC(=O)c2cccc(C(=O)O)c2)CCN(Cc2ccccc2)CC1.O=C(O)C(F)(F)F. The highest BCUT2D eigenvalue weighted by atomic mass is 19.4. The number of carboxylic acids is 2. The molecule has 0 aromatic heterocycles. The van der Waals surface area contributed by atoms with Gasteiger partial charge in [-0.1, -0.05) is 36.4 Å². The molecule has 2 aromatic rings. The molecule has 5 N–H and O–H groups in total. The van der Waals surface area contributed by atoms with E-state index in [1.54, 1.807) is 12.1 Å². The van der Waals surface area contributed by atoms with Crippen LogP contribution in [0.25, 0.3) is 0 Å². The van der Waals surface area contributed by atoms with E-state index in [4.69, 9.17) is 20.7 Å². The van der Waals surface area contributed by atoms with Crippen LogP contribution in [0.1, 0.15) is 39.1 Å². The van der Waals surface area contributed by atoms with Crippen LogP contribution in [0, 0.1) is 0 Å². The molecule has 3 rings (SSSR count). The van der Waals surface area contributed by atoms with Crippen LogP contribution in [0.5, 0.6) is 0 Å². The van der Waals surface area contributed by atoms with Gasteiger partial charge in [-0.05, 0) is 36.6 Å². The Hall–Kier alpha value is -3.44. The molecule has 0 saturated carbocycles. The van der Waals surface area contributed by atoms with E-state index < -0.39 is 23.7 Å². The van der Waals surface area contributed by atoms with E-state index in [9.17, 15) is 22.8 Å². The fourth-order valence-corrected chi connectivity index (χ4v) is 3.33. The number of nitrogens with zero attached hydrogens (tertiary/aromatic N) is 1. The highest BCUT2D eigenvalue weighted by Crippen LogP contribution is 2.21. The van der Waals surface area contributed by atoms with Crippen LogP contribution >= 0.6 is 0 Å². The molecule has 1 fully saturated rings. The Morgan fingerprint density at radius 2 is 1.53 bits per heavy atom. The van der Waals surface area contributed by atoms with E-state index >= 15 is 0 Å². The maximum atomic E-state index is 12.3. The predicted octanol–water partition coefficient (Wildman–Crippen LogP) is 2.74. The molecule has 1 aliphatic heterocycles. The molecule has 0 atom stereocenters. The maximum absolute atomic E-state index is 12.3. The Balaban J connectivity index is 0.000000509. The maximum Gasteiger partial charge on any atom is 0.490 e. The van der Waals surface area contributed by atoms with Crippen molar-refractivity contribution in [2.24, 2.45) is 5.73 Å². The first-order valence-electron chi connectivity index (χ1n) is 10.4. The number of carbonyl (C=O) groups excluding carboxylic acids is 1. The molecule has 11 heteroatoms. The average molecular weight is 481 g/mol. The standard InChI is InChI=1S/C21H25N3O3.C2HF3O2/c22-21(9-11-24(12-10-21)14-16-5-2-1-3-6-16)15-23-19(25)17-7-4-8-18(13-17)20(26)27;3-2(4,5)1(6)7/h1-8,13H,9-12,14-15,22H2,(H,23,25)(H,26,27);(H,6,7). The lowest BCUT2D eigenvalue weighted by Gasteiger charge is -2.39. The van der Waals surface area contributed by atoms with Gasteiger partial charge in [-0.15, -0.1) is 0 Å². The molecule has 0 spiro atoms. The smallest absolute Gasteiger partial charge is 0.478 e. The molecule has 1 heterocycles. The average Bonchev–Trinajstić information content (AvgIpc) is 2.80. The van der Waals surface area contributed by atoms with Crippen molar-refractivity contribution in [3.05, 3.63) is 71.3 Å². The number of aromatic carboxylic acids is 1. The number of carboxylic acid groups (broad SMARTS) is 2. The number of halogens is 3. The Morgan fingerprint density at radius 1 is 0.971 bits per heavy atom. The minimum absolute atomic E-state index is 0.0966. The van der Waals surface area contributed by atoms with Gasteiger partial charge in [0.05, 0.1) is 5.56 Å². The number of nitrogens with one attached hydrogen (secondary N) is 1. The number of hydrogen-bond donors (Lipinski definition) is 4. The van der Waals surface area contributed by atoms with E-state index in [0.717, 1.165) is 32.5 Å². The molecule has 0 aliphatic carbocycles. The van der Waals surface area contributed by atoms with Crippen LogP contribution in [0.3, 0.4) is 0 Å². The summed E-state index contributed by atoms with van der Waals surface area (Å²) in [6, 6.07) is 16.4. The molecular weight excluding hydrogens is 455 g/mol. The van der Waals surface area contributed by atoms with Gasteiger partial charge in [-0.25, -0.2) is 9.59 Å². The normalized spacial score (nSPS) is 15.5. The third kappa shape index (κ3) is 8.49. The van der Waals surface area contributed by atoms with Gasteiger partial charge in [0.1, 0.15) is 0 Å². The monoisotopic (exact) mass is 481 g/mol. The van der Waals surface area contributed by atoms with Crippen molar-refractivity contribution >= 4 is 17.8 Å². The minimum atomic E-state index is -5.08. The van der Waals surface area contributed by atoms with Gasteiger partial charge in [0.15, 0.2) is 0 Å². The first-order valence-corrected chi connectivity index (χ1v) is 10.4. The second-order valence-corrected chi connectivity index (χ2v) is 8.00. The van der Waals surface area contributed by atoms with Gasteiger partial charge in [0.2, 0.25) is 0 Å². The first kappa shape index (κ1) is 26.8. The topological polar surface area (TPSA) is 133 Å². The Kier molecular flexibility index (Phi) is 9.16. The summed E-state index contributed by atoms with van der Waals surface area (Å²) >= 11 is 0. The number of nitrogens with two attached hydrogens (primary N) is 1. The van der Waals surface area contributed by atoms with E-state index in [1.165, 1.54) is 17.7 Å². The predicted molar refractivity (Wildman–Crippen MR) is 117 cm³/mol. The van der Waals surface area contributed by atoms with Crippen molar-refractivity contribution in [1.82, 2.24) is 10.2 Å². The van der Waals surface area contributed by atoms with Crippen molar-refractivity contribution in [2.45, 2.75) is 31.1 Å². The Morgan fingerprint density at radius 3 is 2.06 bits per heavy atom. The molecule has 0 radical (unpaired) electrons. The summed E-state index contributed by atoms with van der Waals surface area (Å²) in [5.41, 5.74) is 7.76. The van der Waals surface area contributed by atoms with Crippen LogP contribution in [-0.2, 0) is 11.3 Å². The zero-order valence-corrected chi connectivity index (χ0v) is 18.2. The lowest BCUT2D eigenvalue weighted by molar-refractivity contribution is -0.192. The fourth-order valence-electron chi connectivity index (χ4n) is 3.33. The molecule has 2 aromatic carbocycles. The van der Waals surface area contributed by atoms with E-state index in [1.807, 2.05) is 18.2 Å². The molecule has 0 unspecified atom stereocenters. The first-order chi connectivity index (χ1) is 15.9. The Labute approximate surface area is 194 Å². The highest BCUT2D eigenvalue weighted by Gasteiger charge is 2.38. The second kappa shape index (κ2) is 11.6. The van der Waals surface area contributed by atoms with Gasteiger partial charge in [0, 0.05) is 37.3 Å². The lowest BCUT2D eigenvalue weighted by atomic mass is 9.88. The van der Waals surface area contributed by atoms with Gasteiger partial charge in [0.25, 0.3) is 5.91 Å². The molecule has 0 bridgehead atoms. The summed E-state index contributed by atoms with van der Waals surface area (Å²) in [4.78, 5) is 34.6. The van der Waals surface area contributed by atoms with Crippen molar-refractivity contribution in [3.63, 3.8) is 0 Å². The number of piperidine rings is 1. The van der Waals surface area contributed by atoms with Crippen LogP contribution in [0.2, 0.25) is 0 Å². The summed E-state index contributed by atoms with van der Waals surface area (Å²) in [7, 11) is 0. The van der Waals surface area contributed by atoms with Crippen molar-refractivity contribution < 1.29 is 37.8 Å². The van der Waals surface area contributed by atoms with Crippen molar-refractivity contribution in [3.8, 4) is 0 Å². The zero-order valence-electron chi connectivity index (χ0n) is 18.2.